The third-order valence-electron chi connectivity index (χ3n) is 2.07. The first-order valence-corrected chi connectivity index (χ1v) is 4.99. The van der Waals surface area contributed by atoms with Gasteiger partial charge in [-0.2, -0.15) is 0 Å². The van der Waals surface area contributed by atoms with Crippen LogP contribution in [0.2, 0.25) is 0 Å². The van der Waals surface area contributed by atoms with Crippen LogP contribution in [0.4, 0.5) is 0 Å². The van der Waals surface area contributed by atoms with E-state index in [-0.39, 0.29) is 12.1 Å². The van der Waals surface area contributed by atoms with E-state index in [1.165, 1.54) is 12.8 Å². The van der Waals surface area contributed by atoms with Gasteiger partial charge in [0.1, 0.15) is 0 Å². The van der Waals surface area contributed by atoms with Crippen LogP contribution in [0.25, 0.3) is 0 Å². The summed E-state index contributed by atoms with van der Waals surface area (Å²) in [5.74, 6) is 0.593. The monoisotopic (exact) mass is 186 g/mol. The highest BCUT2D eigenvalue weighted by molar-refractivity contribution is 5.69. The number of rotatable bonds is 6. The van der Waals surface area contributed by atoms with Gasteiger partial charge >= 0.3 is 5.97 Å². The molecule has 1 unspecified atom stereocenters. The van der Waals surface area contributed by atoms with Gasteiger partial charge < -0.3 is 9.47 Å². The predicted octanol–water partition coefficient (Wildman–Crippen LogP) is 1.75. The molecular formula is C10H18O3. The Morgan fingerprint density at radius 2 is 2.23 bits per heavy atom. The van der Waals surface area contributed by atoms with Crippen molar-refractivity contribution in [3.05, 3.63) is 0 Å². The molecule has 76 valence electrons. The standard InChI is InChI=1S/C10H18O3/c1-3-12-10(11)6-8(2)13-7-9-4-5-9/h8-9H,3-7H2,1-2H3. The fourth-order valence-corrected chi connectivity index (χ4v) is 1.10. The highest BCUT2D eigenvalue weighted by atomic mass is 16.5. The van der Waals surface area contributed by atoms with Crippen LogP contribution < -0.4 is 0 Å². The minimum atomic E-state index is -0.161. The molecule has 0 spiro atoms. The van der Waals surface area contributed by atoms with Crippen LogP contribution in [0.5, 0.6) is 0 Å². The van der Waals surface area contributed by atoms with Gasteiger partial charge in [-0.25, -0.2) is 0 Å². The smallest absolute Gasteiger partial charge is 0.308 e. The first-order valence-electron chi connectivity index (χ1n) is 4.99. The third-order valence-corrected chi connectivity index (χ3v) is 2.07. The number of ether oxygens (including phenoxy) is 2. The van der Waals surface area contributed by atoms with Crippen molar-refractivity contribution in [2.45, 2.75) is 39.2 Å². The molecule has 0 heterocycles. The second kappa shape index (κ2) is 5.22. The summed E-state index contributed by atoms with van der Waals surface area (Å²) < 4.78 is 10.3. The van der Waals surface area contributed by atoms with E-state index < -0.39 is 0 Å². The molecule has 0 bridgehead atoms. The van der Waals surface area contributed by atoms with E-state index in [0.29, 0.717) is 13.0 Å². The third kappa shape index (κ3) is 4.88. The summed E-state index contributed by atoms with van der Waals surface area (Å²) in [7, 11) is 0. The lowest BCUT2D eigenvalue weighted by molar-refractivity contribution is -0.146. The number of esters is 1. The molecule has 0 aromatic rings. The van der Waals surface area contributed by atoms with Crippen molar-refractivity contribution >= 4 is 5.97 Å². The Labute approximate surface area is 79.4 Å². The number of carbonyl (C=O) groups excluding carboxylic acids is 1. The molecule has 1 rings (SSSR count). The van der Waals surface area contributed by atoms with Gasteiger partial charge in [0.2, 0.25) is 0 Å². The summed E-state index contributed by atoms with van der Waals surface area (Å²) in [6.07, 6.45) is 2.94. The number of hydrogen-bond acceptors (Lipinski definition) is 3. The van der Waals surface area contributed by atoms with E-state index in [1.54, 1.807) is 0 Å². The molecule has 3 nitrogen and oxygen atoms in total. The molecule has 0 amide bonds. The number of hydrogen-bond donors (Lipinski definition) is 0. The largest absolute Gasteiger partial charge is 0.466 e. The van der Waals surface area contributed by atoms with Crippen LogP contribution in [0.1, 0.15) is 33.1 Å². The first-order chi connectivity index (χ1) is 6.22. The summed E-state index contributed by atoms with van der Waals surface area (Å²) in [6, 6.07) is 0. The lowest BCUT2D eigenvalue weighted by Crippen LogP contribution is -2.17. The summed E-state index contributed by atoms with van der Waals surface area (Å²) in [5, 5.41) is 0. The predicted molar refractivity (Wildman–Crippen MR) is 49.4 cm³/mol. The normalized spacial score (nSPS) is 18.3. The maximum Gasteiger partial charge on any atom is 0.308 e. The zero-order chi connectivity index (χ0) is 9.68. The Bertz CT molecular complexity index is 164. The highest BCUT2D eigenvalue weighted by Gasteiger charge is 2.22. The van der Waals surface area contributed by atoms with E-state index in [2.05, 4.69) is 0 Å². The molecule has 3 heteroatoms. The summed E-state index contributed by atoms with van der Waals surface area (Å²) in [4.78, 5) is 11.0. The van der Waals surface area contributed by atoms with Crippen molar-refractivity contribution in [3.63, 3.8) is 0 Å². The molecule has 13 heavy (non-hydrogen) atoms. The van der Waals surface area contributed by atoms with Crippen molar-refractivity contribution < 1.29 is 14.3 Å². The SMILES string of the molecule is CCOC(=O)CC(C)OCC1CC1. The summed E-state index contributed by atoms with van der Waals surface area (Å²) in [5.41, 5.74) is 0. The lowest BCUT2D eigenvalue weighted by atomic mass is 10.3. The second-order valence-electron chi connectivity index (χ2n) is 3.60. The van der Waals surface area contributed by atoms with E-state index in [1.807, 2.05) is 13.8 Å². The summed E-state index contributed by atoms with van der Waals surface area (Å²) in [6.45, 7) is 4.99. The maximum absolute atomic E-state index is 11.0. The summed E-state index contributed by atoms with van der Waals surface area (Å²) >= 11 is 0. The van der Waals surface area contributed by atoms with Crippen LogP contribution in [-0.4, -0.2) is 25.3 Å². The van der Waals surface area contributed by atoms with Gasteiger partial charge in [0.25, 0.3) is 0 Å². The molecule has 1 aliphatic rings. The van der Waals surface area contributed by atoms with Gasteiger partial charge in [0.15, 0.2) is 0 Å². The van der Waals surface area contributed by atoms with Crippen LogP contribution in [0, 0.1) is 5.92 Å². The van der Waals surface area contributed by atoms with Gasteiger partial charge in [0, 0.05) is 6.61 Å². The molecule has 1 atom stereocenters. The average Bonchev–Trinajstić information content (AvgIpc) is 2.84. The average molecular weight is 186 g/mol. The molecule has 0 aromatic heterocycles. The molecule has 0 radical (unpaired) electrons. The molecule has 0 saturated heterocycles. The van der Waals surface area contributed by atoms with Crippen molar-refractivity contribution in [2.24, 2.45) is 5.92 Å². The quantitative estimate of drug-likeness (QED) is 0.593. The van der Waals surface area contributed by atoms with E-state index >= 15 is 0 Å². The minimum Gasteiger partial charge on any atom is -0.466 e. The van der Waals surface area contributed by atoms with E-state index in [4.69, 9.17) is 9.47 Å². The van der Waals surface area contributed by atoms with Gasteiger partial charge in [-0.15, -0.1) is 0 Å². The molecule has 0 N–H and O–H groups in total. The lowest BCUT2D eigenvalue weighted by Gasteiger charge is -2.11. The second-order valence-corrected chi connectivity index (χ2v) is 3.60. The molecular weight excluding hydrogens is 168 g/mol. The fourth-order valence-electron chi connectivity index (χ4n) is 1.10. The molecule has 0 aliphatic heterocycles. The van der Waals surface area contributed by atoms with Crippen molar-refractivity contribution in [1.82, 2.24) is 0 Å². The zero-order valence-electron chi connectivity index (χ0n) is 8.41. The van der Waals surface area contributed by atoms with Gasteiger partial charge in [0.05, 0.1) is 19.1 Å². The van der Waals surface area contributed by atoms with E-state index in [0.717, 1.165) is 12.5 Å². The van der Waals surface area contributed by atoms with Gasteiger partial charge in [-0.3, -0.25) is 4.79 Å². The van der Waals surface area contributed by atoms with Crippen LogP contribution in [-0.2, 0) is 14.3 Å². The Kier molecular flexibility index (Phi) is 4.22. The van der Waals surface area contributed by atoms with Crippen LogP contribution in [0.3, 0.4) is 0 Å². The van der Waals surface area contributed by atoms with Gasteiger partial charge in [-0.1, -0.05) is 0 Å². The Morgan fingerprint density at radius 1 is 1.54 bits per heavy atom. The topological polar surface area (TPSA) is 35.5 Å². The van der Waals surface area contributed by atoms with E-state index in [9.17, 15) is 4.79 Å². The molecule has 1 aliphatic carbocycles. The molecule has 1 fully saturated rings. The Balaban J connectivity index is 2.01. The minimum absolute atomic E-state index is 0.000324. The van der Waals surface area contributed by atoms with Gasteiger partial charge in [-0.05, 0) is 32.6 Å². The zero-order valence-corrected chi connectivity index (χ0v) is 8.41. The van der Waals surface area contributed by atoms with Crippen molar-refractivity contribution in [1.29, 1.82) is 0 Å². The number of carbonyl (C=O) groups is 1. The molecule has 1 saturated carbocycles. The molecule has 0 aromatic carbocycles. The fraction of sp³-hybridized carbons (Fsp3) is 0.900. The maximum atomic E-state index is 11.0. The first kappa shape index (κ1) is 10.5. The van der Waals surface area contributed by atoms with Crippen LogP contribution in [0.15, 0.2) is 0 Å². The van der Waals surface area contributed by atoms with Crippen molar-refractivity contribution in [3.8, 4) is 0 Å². The Morgan fingerprint density at radius 3 is 2.77 bits per heavy atom. The van der Waals surface area contributed by atoms with Crippen LogP contribution >= 0.6 is 0 Å². The Hall–Kier alpha value is -0.570. The van der Waals surface area contributed by atoms with Crippen molar-refractivity contribution in [2.75, 3.05) is 13.2 Å². The highest BCUT2D eigenvalue weighted by Crippen LogP contribution is 2.29.